The van der Waals surface area contributed by atoms with Gasteiger partial charge in [-0.2, -0.15) is 0 Å². The largest absolute Gasteiger partial charge is 0.387 e. The molecule has 1 atom stereocenters. The Kier molecular flexibility index (Phi) is 2.57. The molecular formula is C13H16OS. The Bertz CT molecular complexity index is 432. The molecule has 0 bridgehead atoms. The Morgan fingerprint density at radius 3 is 2.47 bits per heavy atom. The van der Waals surface area contributed by atoms with Crippen molar-refractivity contribution < 1.29 is 5.11 Å². The molecule has 0 amide bonds. The van der Waals surface area contributed by atoms with Crippen molar-refractivity contribution in [1.29, 1.82) is 0 Å². The zero-order valence-electron chi connectivity index (χ0n) is 9.32. The molecule has 0 saturated carbocycles. The lowest BCUT2D eigenvalue weighted by Gasteiger charge is -2.24. The summed E-state index contributed by atoms with van der Waals surface area (Å²) in [4.78, 5) is 1.06. The second-order valence-electron chi connectivity index (χ2n) is 4.96. The lowest BCUT2D eigenvalue weighted by atomic mass is 9.88. The van der Waals surface area contributed by atoms with Gasteiger partial charge in [-0.3, -0.25) is 0 Å². The first-order valence-electron chi connectivity index (χ1n) is 5.15. The molecule has 2 rings (SSSR count). The minimum Gasteiger partial charge on any atom is -0.387 e. The molecule has 1 aromatic carbocycles. The van der Waals surface area contributed by atoms with Crippen molar-refractivity contribution in [3.63, 3.8) is 0 Å². The van der Waals surface area contributed by atoms with Gasteiger partial charge in [0.2, 0.25) is 0 Å². The van der Waals surface area contributed by atoms with Crippen molar-refractivity contribution in [3.05, 3.63) is 35.2 Å². The number of fused-ring (bicyclic) bond motifs is 1. The van der Waals surface area contributed by atoms with Crippen LogP contribution in [0.1, 0.15) is 31.8 Å². The van der Waals surface area contributed by atoms with Gasteiger partial charge in [0.15, 0.2) is 0 Å². The molecule has 1 nitrogen and oxygen atoms in total. The van der Waals surface area contributed by atoms with Crippen LogP contribution in [-0.4, -0.2) is 5.11 Å². The maximum absolute atomic E-state index is 10.2. The number of rotatable bonds is 1. The number of benzene rings is 1. The molecule has 1 unspecified atom stereocenters. The van der Waals surface area contributed by atoms with E-state index in [9.17, 15) is 5.11 Å². The first-order valence-corrected chi connectivity index (χ1v) is 5.96. The quantitative estimate of drug-likeness (QED) is 0.770. The number of aliphatic hydroxyl groups is 1. The molecule has 2 aromatic rings. The van der Waals surface area contributed by atoms with E-state index in [2.05, 4.69) is 39.0 Å². The fourth-order valence-corrected chi connectivity index (χ4v) is 2.86. The third-order valence-electron chi connectivity index (χ3n) is 2.53. The Balaban J connectivity index is 2.45. The van der Waals surface area contributed by atoms with Gasteiger partial charge in [-0.1, -0.05) is 39.0 Å². The molecule has 15 heavy (non-hydrogen) atoms. The van der Waals surface area contributed by atoms with Crippen LogP contribution in [0.3, 0.4) is 0 Å². The van der Waals surface area contributed by atoms with E-state index >= 15 is 0 Å². The van der Waals surface area contributed by atoms with Crippen molar-refractivity contribution in [3.8, 4) is 0 Å². The van der Waals surface area contributed by atoms with E-state index in [0.717, 1.165) is 4.88 Å². The Labute approximate surface area is 94.4 Å². The van der Waals surface area contributed by atoms with E-state index < -0.39 is 0 Å². The van der Waals surface area contributed by atoms with Crippen molar-refractivity contribution in [2.45, 2.75) is 26.9 Å². The van der Waals surface area contributed by atoms with E-state index in [0.29, 0.717) is 0 Å². The van der Waals surface area contributed by atoms with E-state index in [4.69, 9.17) is 0 Å². The summed E-state index contributed by atoms with van der Waals surface area (Å²) in [6.45, 7) is 6.17. The van der Waals surface area contributed by atoms with E-state index in [1.165, 1.54) is 10.1 Å². The third kappa shape index (κ3) is 2.06. The Morgan fingerprint density at radius 1 is 1.20 bits per heavy atom. The average molecular weight is 220 g/mol. The monoisotopic (exact) mass is 220 g/mol. The highest BCUT2D eigenvalue weighted by atomic mass is 32.1. The maximum Gasteiger partial charge on any atom is 0.0930 e. The minimum absolute atomic E-state index is 0.0964. The SMILES string of the molecule is CC(C)(C)C(O)c1cc2ccccc2s1. The van der Waals surface area contributed by atoms with Gasteiger partial charge < -0.3 is 5.11 Å². The summed E-state index contributed by atoms with van der Waals surface area (Å²) in [5.41, 5.74) is -0.0964. The van der Waals surface area contributed by atoms with Gasteiger partial charge in [0, 0.05) is 9.58 Å². The molecule has 1 N–H and O–H groups in total. The van der Waals surface area contributed by atoms with Crippen molar-refractivity contribution in [2.75, 3.05) is 0 Å². The highest BCUT2D eigenvalue weighted by Gasteiger charge is 2.25. The zero-order valence-corrected chi connectivity index (χ0v) is 10.1. The number of hydrogen-bond acceptors (Lipinski definition) is 2. The summed E-state index contributed by atoms with van der Waals surface area (Å²) >= 11 is 1.68. The second-order valence-corrected chi connectivity index (χ2v) is 6.07. The minimum atomic E-state index is -0.380. The topological polar surface area (TPSA) is 20.2 Å². The molecule has 0 spiro atoms. The van der Waals surface area contributed by atoms with Crippen LogP contribution in [0.2, 0.25) is 0 Å². The lowest BCUT2D eigenvalue weighted by molar-refractivity contribution is 0.0659. The summed E-state index contributed by atoms with van der Waals surface area (Å²) in [7, 11) is 0. The van der Waals surface area contributed by atoms with Crippen molar-refractivity contribution >= 4 is 21.4 Å². The average Bonchev–Trinajstić information content (AvgIpc) is 2.58. The normalized spacial score (nSPS) is 14.4. The van der Waals surface area contributed by atoms with Gasteiger partial charge >= 0.3 is 0 Å². The van der Waals surface area contributed by atoms with Crippen LogP contribution in [0, 0.1) is 5.41 Å². The first kappa shape index (κ1) is 10.7. The highest BCUT2D eigenvalue weighted by Crippen LogP contribution is 2.38. The molecule has 0 aliphatic rings. The predicted molar refractivity (Wildman–Crippen MR) is 66.2 cm³/mol. The summed E-state index contributed by atoms with van der Waals surface area (Å²) in [5.74, 6) is 0. The van der Waals surface area contributed by atoms with E-state index in [1.54, 1.807) is 11.3 Å². The summed E-state index contributed by atoms with van der Waals surface area (Å²) in [6.07, 6.45) is -0.380. The van der Waals surface area contributed by atoms with Crippen molar-refractivity contribution in [1.82, 2.24) is 0 Å². The highest BCUT2D eigenvalue weighted by molar-refractivity contribution is 7.19. The zero-order chi connectivity index (χ0) is 11.1. The fraction of sp³-hybridized carbons (Fsp3) is 0.385. The first-order chi connectivity index (χ1) is 6.98. The van der Waals surface area contributed by atoms with E-state index in [1.807, 2.05) is 12.1 Å². The Morgan fingerprint density at radius 2 is 1.87 bits per heavy atom. The Hall–Kier alpha value is -0.860. The number of thiophene rings is 1. The maximum atomic E-state index is 10.2. The van der Waals surface area contributed by atoms with Crippen molar-refractivity contribution in [2.24, 2.45) is 5.41 Å². The fourth-order valence-electron chi connectivity index (χ4n) is 1.56. The van der Waals surface area contributed by atoms with Crippen LogP contribution in [0.15, 0.2) is 30.3 Å². The molecular weight excluding hydrogens is 204 g/mol. The van der Waals surface area contributed by atoms with Gasteiger partial charge in [-0.15, -0.1) is 11.3 Å². The van der Waals surface area contributed by atoms with Crippen LogP contribution >= 0.6 is 11.3 Å². The van der Waals surface area contributed by atoms with Gasteiger partial charge in [0.05, 0.1) is 6.10 Å². The van der Waals surface area contributed by atoms with Gasteiger partial charge in [-0.25, -0.2) is 0 Å². The van der Waals surface area contributed by atoms with Crippen LogP contribution in [-0.2, 0) is 0 Å². The van der Waals surface area contributed by atoms with Crippen LogP contribution < -0.4 is 0 Å². The van der Waals surface area contributed by atoms with E-state index in [-0.39, 0.29) is 11.5 Å². The molecule has 2 heteroatoms. The molecule has 0 aliphatic carbocycles. The van der Waals surface area contributed by atoms with Gasteiger partial charge in [0.25, 0.3) is 0 Å². The molecule has 1 aromatic heterocycles. The third-order valence-corrected chi connectivity index (χ3v) is 3.70. The number of aliphatic hydroxyl groups excluding tert-OH is 1. The summed E-state index contributed by atoms with van der Waals surface area (Å²) < 4.78 is 1.25. The lowest BCUT2D eigenvalue weighted by Crippen LogP contribution is -2.16. The molecule has 0 aliphatic heterocycles. The van der Waals surface area contributed by atoms with Gasteiger partial charge in [0.1, 0.15) is 0 Å². The summed E-state index contributed by atoms with van der Waals surface area (Å²) in [5, 5.41) is 11.4. The number of hydrogen-bond donors (Lipinski definition) is 1. The molecule has 80 valence electrons. The smallest absolute Gasteiger partial charge is 0.0930 e. The van der Waals surface area contributed by atoms with Crippen LogP contribution in [0.4, 0.5) is 0 Å². The molecule has 1 heterocycles. The summed E-state index contributed by atoms with van der Waals surface area (Å²) in [6, 6.07) is 10.3. The van der Waals surface area contributed by atoms with Gasteiger partial charge in [-0.05, 0) is 22.9 Å². The molecule has 0 fully saturated rings. The van der Waals surface area contributed by atoms with Crippen LogP contribution in [0.5, 0.6) is 0 Å². The predicted octanol–water partition coefficient (Wildman–Crippen LogP) is 3.98. The molecule has 0 radical (unpaired) electrons. The standard InChI is InChI=1S/C13H16OS/c1-13(2,3)12(14)11-8-9-6-4-5-7-10(9)15-11/h4-8,12,14H,1-3H3. The van der Waals surface area contributed by atoms with Crippen LogP contribution in [0.25, 0.3) is 10.1 Å². The molecule has 0 saturated heterocycles. The second kappa shape index (κ2) is 3.62.